The zero-order valence-electron chi connectivity index (χ0n) is 21.2. The van der Waals surface area contributed by atoms with E-state index >= 15 is 0 Å². The maximum absolute atomic E-state index is 12.1. The molecule has 0 aromatic heterocycles. The summed E-state index contributed by atoms with van der Waals surface area (Å²) in [4.78, 5) is 24.0. The molecule has 0 aliphatic carbocycles. The van der Waals surface area contributed by atoms with Crippen LogP contribution < -0.4 is 29.6 Å². The van der Waals surface area contributed by atoms with Crippen molar-refractivity contribution in [1.82, 2.24) is 0 Å². The van der Waals surface area contributed by atoms with Gasteiger partial charge in [-0.3, -0.25) is 14.1 Å². The van der Waals surface area contributed by atoms with Crippen LogP contribution >= 0.6 is 0 Å². The van der Waals surface area contributed by atoms with Crippen molar-refractivity contribution in [2.24, 2.45) is 0 Å². The van der Waals surface area contributed by atoms with Crippen LogP contribution in [0, 0.1) is 6.42 Å². The first-order chi connectivity index (χ1) is 15.3. The number of carbonyl (C=O) groups excluding carboxylic acids is 2. The first-order valence-electron chi connectivity index (χ1n) is 12.4. The number of carbonyl (C=O) groups is 2. The van der Waals surface area contributed by atoms with E-state index in [0.29, 0.717) is 12.8 Å². The molecule has 1 atom stereocenters. The first-order valence-corrected chi connectivity index (χ1v) is 13.9. The predicted octanol–water partition coefficient (Wildman–Crippen LogP) is 2.82. The van der Waals surface area contributed by atoms with Gasteiger partial charge in [0.2, 0.25) is 0 Å². The molecule has 0 radical (unpaired) electrons. The van der Waals surface area contributed by atoms with E-state index < -0.39 is 33.7 Å². The Kier molecular flexibility index (Phi) is 25.0. The number of ether oxygens (including phenoxy) is 2. The molecule has 0 spiro atoms. The summed E-state index contributed by atoms with van der Waals surface area (Å²) < 4.78 is 42.4. The zero-order chi connectivity index (χ0) is 24.1. The summed E-state index contributed by atoms with van der Waals surface area (Å²) in [7, 11) is -4.76. The van der Waals surface area contributed by atoms with Crippen LogP contribution in [0.2, 0.25) is 0 Å². The fourth-order valence-corrected chi connectivity index (χ4v) is 3.97. The van der Waals surface area contributed by atoms with Gasteiger partial charge >= 0.3 is 41.5 Å². The van der Waals surface area contributed by atoms with E-state index in [2.05, 4.69) is 13.8 Å². The van der Waals surface area contributed by atoms with E-state index in [1.807, 2.05) is 6.42 Å². The molecule has 0 bridgehead atoms. The average molecular weight is 501 g/mol. The van der Waals surface area contributed by atoms with E-state index in [1.54, 1.807) is 0 Å². The number of esters is 2. The van der Waals surface area contributed by atoms with E-state index in [4.69, 9.17) is 9.47 Å². The van der Waals surface area contributed by atoms with Crippen molar-refractivity contribution in [3.63, 3.8) is 0 Å². The Morgan fingerprint density at radius 3 is 1.82 bits per heavy atom. The monoisotopic (exact) mass is 500 g/mol. The summed E-state index contributed by atoms with van der Waals surface area (Å²) in [6, 6.07) is 0. The molecule has 33 heavy (non-hydrogen) atoms. The molecule has 0 aliphatic heterocycles. The van der Waals surface area contributed by atoms with Gasteiger partial charge in [0.05, 0.1) is 19.6 Å². The van der Waals surface area contributed by atoms with Crippen LogP contribution in [0.3, 0.4) is 0 Å². The molecular weight excluding hydrogens is 455 g/mol. The van der Waals surface area contributed by atoms with Gasteiger partial charge in [-0.05, 0) is 6.42 Å². The molecular formula is C24H45NaO7S. The number of unbranched alkanes of at least 4 members (excludes halogenated alkanes) is 14. The smallest absolute Gasteiger partial charge is 0.467 e. The molecule has 0 fully saturated rings. The van der Waals surface area contributed by atoms with Gasteiger partial charge < -0.3 is 15.9 Å². The second kappa shape index (κ2) is 23.6. The van der Waals surface area contributed by atoms with Gasteiger partial charge in [-0.15, -0.1) is 6.42 Å². The molecule has 7 nitrogen and oxygen atoms in total. The molecule has 0 saturated heterocycles. The van der Waals surface area contributed by atoms with Crippen molar-refractivity contribution in [2.45, 2.75) is 122 Å². The molecule has 9 heteroatoms. The van der Waals surface area contributed by atoms with Crippen LogP contribution in [-0.2, 0) is 29.2 Å². The first kappa shape index (κ1) is 35.0. The van der Waals surface area contributed by atoms with Crippen LogP contribution in [0.15, 0.2) is 0 Å². The summed E-state index contributed by atoms with van der Waals surface area (Å²) in [5.41, 5.74) is 0. The number of rotatable bonds is 22. The molecule has 190 valence electrons. The molecule has 0 aromatic carbocycles. The Morgan fingerprint density at radius 1 is 0.758 bits per heavy atom. The van der Waals surface area contributed by atoms with Crippen LogP contribution in [0.25, 0.3) is 0 Å². The summed E-state index contributed by atoms with van der Waals surface area (Å²) in [6.45, 7) is 4.54. The van der Waals surface area contributed by atoms with Gasteiger partial charge in [0.1, 0.15) is 0 Å². The SMILES string of the molecule is CCCCCCC[CH-]CCOC(=O)C(CC(=O)OCCCCCCCCCC)S(=O)(=O)O.[Na+]. The molecule has 1 N–H and O–H groups in total. The molecule has 0 saturated carbocycles. The quantitative estimate of drug-likeness (QED) is 0.0801. The minimum absolute atomic E-state index is 0. The maximum atomic E-state index is 12.1. The summed E-state index contributed by atoms with van der Waals surface area (Å²) in [6.07, 6.45) is 17.3. The Bertz CT molecular complexity index is 581. The van der Waals surface area contributed by atoms with E-state index in [0.717, 1.165) is 38.5 Å². The fraction of sp³-hybridized carbons (Fsp3) is 0.875. The summed E-state index contributed by atoms with van der Waals surface area (Å²) in [5, 5.41) is -1.94. The van der Waals surface area contributed by atoms with Gasteiger partial charge in [-0.25, -0.2) is 0 Å². The van der Waals surface area contributed by atoms with Crippen LogP contribution in [0.4, 0.5) is 0 Å². The van der Waals surface area contributed by atoms with Crippen molar-refractivity contribution in [1.29, 1.82) is 0 Å². The normalized spacial score (nSPS) is 12.1. The Hall–Kier alpha value is -0.150. The van der Waals surface area contributed by atoms with Gasteiger partial charge in [0.15, 0.2) is 5.25 Å². The summed E-state index contributed by atoms with van der Waals surface area (Å²) >= 11 is 0. The topological polar surface area (TPSA) is 107 Å². The van der Waals surface area contributed by atoms with Crippen molar-refractivity contribution < 1.29 is 61.6 Å². The van der Waals surface area contributed by atoms with Crippen molar-refractivity contribution >= 4 is 22.1 Å². The zero-order valence-corrected chi connectivity index (χ0v) is 24.0. The Morgan fingerprint density at radius 2 is 1.27 bits per heavy atom. The molecule has 0 amide bonds. The summed E-state index contributed by atoms with van der Waals surface area (Å²) in [5.74, 6) is -1.95. The average Bonchev–Trinajstić information content (AvgIpc) is 2.74. The minimum Gasteiger partial charge on any atom is -0.467 e. The van der Waals surface area contributed by atoms with E-state index in [-0.39, 0.29) is 42.8 Å². The Balaban J connectivity index is 0. The predicted molar refractivity (Wildman–Crippen MR) is 127 cm³/mol. The van der Waals surface area contributed by atoms with E-state index in [9.17, 15) is 22.6 Å². The van der Waals surface area contributed by atoms with Crippen LogP contribution in [0.1, 0.15) is 117 Å². The van der Waals surface area contributed by atoms with Crippen LogP contribution in [0.5, 0.6) is 0 Å². The number of hydrogen-bond donors (Lipinski definition) is 1. The van der Waals surface area contributed by atoms with Crippen LogP contribution in [-0.4, -0.2) is 43.4 Å². The van der Waals surface area contributed by atoms with Gasteiger partial charge in [-0.2, -0.15) is 14.8 Å². The fourth-order valence-electron chi connectivity index (χ4n) is 3.31. The molecule has 0 aliphatic rings. The third-order valence-corrected chi connectivity index (χ3v) is 6.39. The maximum Gasteiger partial charge on any atom is 1.00 e. The van der Waals surface area contributed by atoms with E-state index in [1.165, 1.54) is 44.9 Å². The van der Waals surface area contributed by atoms with Gasteiger partial charge in [0.25, 0.3) is 10.1 Å². The molecule has 0 rings (SSSR count). The Labute approximate surface area is 224 Å². The van der Waals surface area contributed by atoms with Gasteiger partial charge in [0, 0.05) is 0 Å². The van der Waals surface area contributed by atoms with Crippen molar-refractivity contribution in [2.75, 3.05) is 13.2 Å². The van der Waals surface area contributed by atoms with Crippen molar-refractivity contribution in [3.8, 4) is 0 Å². The second-order valence-corrected chi connectivity index (χ2v) is 9.95. The van der Waals surface area contributed by atoms with Crippen molar-refractivity contribution in [3.05, 3.63) is 6.42 Å². The number of hydrogen-bond acceptors (Lipinski definition) is 6. The molecule has 1 unspecified atom stereocenters. The standard InChI is InChI=1S/C24H45O7S.Na/c1-3-5-7-9-11-13-15-17-19-30-23(25)21-22(32(27,28)29)24(26)31-20-18-16-14-12-10-8-6-4-2;/h16,22H,3-15,17-21H2,1-2H3,(H,27,28,29);/q-1;+1. The molecule has 0 aromatic rings. The largest absolute Gasteiger partial charge is 1.00 e. The second-order valence-electron chi connectivity index (χ2n) is 8.35. The third kappa shape index (κ3) is 22.1. The molecule has 0 heterocycles. The minimum atomic E-state index is -4.76. The van der Waals surface area contributed by atoms with Gasteiger partial charge in [-0.1, -0.05) is 90.9 Å². The third-order valence-electron chi connectivity index (χ3n) is 5.31.